The topological polar surface area (TPSA) is 29.3 Å². The zero-order valence-electron chi connectivity index (χ0n) is 12.2. The van der Waals surface area contributed by atoms with E-state index in [0.29, 0.717) is 6.54 Å². The molecule has 106 valence electrons. The van der Waals surface area contributed by atoms with Gasteiger partial charge in [-0.2, -0.15) is 0 Å². The average Bonchev–Trinajstić information content (AvgIpc) is 2.31. The van der Waals surface area contributed by atoms with Crippen LogP contribution in [0.15, 0.2) is 24.3 Å². The molecule has 2 nitrogen and oxygen atoms in total. The predicted octanol–water partition coefficient (Wildman–Crippen LogP) is 3.02. The summed E-state index contributed by atoms with van der Waals surface area (Å²) in [6.07, 6.45) is 2.36. The Morgan fingerprint density at radius 1 is 1.32 bits per heavy atom. The molecular formula is C16H25FN2. The summed E-state index contributed by atoms with van der Waals surface area (Å²) in [5, 5.41) is 0. The van der Waals surface area contributed by atoms with Gasteiger partial charge in [-0.15, -0.1) is 0 Å². The van der Waals surface area contributed by atoms with E-state index in [1.807, 2.05) is 12.1 Å². The molecule has 0 amide bonds. The number of halogens is 1. The van der Waals surface area contributed by atoms with E-state index in [1.165, 1.54) is 25.0 Å². The van der Waals surface area contributed by atoms with Crippen LogP contribution in [0.2, 0.25) is 0 Å². The van der Waals surface area contributed by atoms with Crippen molar-refractivity contribution in [3.05, 3.63) is 35.6 Å². The van der Waals surface area contributed by atoms with Gasteiger partial charge in [0, 0.05) is 18.6 Å². The van der Waals surface area contributed by atoms with Crippen molar-refractivity contribution >= 4 is 0 Å². The summed E-state index contributed by atoms with van der Waals surface area (Å²) >= 11 is 0. The first-order chi connectivity index (χ1) is 8.97. The number of rotatable bonds is 5. The summed E-state index contributed by atoms with van der Waals surface area (Å²) in [6.45, 7) is 6.10. The molecule has 0 spiro atoms. The maximum Gasteiger partial charge on any atom is 0.123 e. The van der Waals surface area contributed by atoms with Gasteiger partial charge >= 0.3 is 0 Å². The minimum Gasteiger partial charge on any atom is -0.329 e. The van der Waals surface area contributed by atoms with E-state index in [-0.39, 0.29) is 11.4 Å². The highest BCUT2D eigenvalue weighted by molar-refractivity contribution is 5.17. The van der Waals surface area contributed by atoms with Crippen LogP contribution < -0.4 is 5.73 Å². The summed E-state index contributed by atoms with van der Waals surface area (Å²) in [7, 11) is 2.13. The van der Waals surface area contributed by atoms with Crippen molar-refractivity contribution in [2.24, 2.45) is 17.6 Å². The van der Waals surface area contributed by atoms with Crippen LogP contribution in [0.4, 0.5) is 4.39 Å². The van der Waals surface area contributed by atoms with Crippen LogP contribution in [-0.4, -0.2) is 24.0 Å². The normalized spacial score (nSPS) is 26.8. The lowest BCUT2D eigenvalue weighted by molar-refractivity contribution is -0.0244. The van der Waals surface area contributed by atoms with E-state index in [9.17, 15) is 4.39 Å². The van der Waals surface area contributed by atoms with Crippen LogP contribution >= 0.6 is 0 Å². The smallest absolute Gasteiger partial charge is 0.123 e. The van der Waals surface area contributed by atoms with Gasteiger partial charge in [-0.05, 0) is 49.4 Å². The van der Waals surface area contributed by atoms with Crippen molar-refractivity contribution < 1.29 is 4.39 Å². The van der Waals surface area contributed by atoms with Gasteiger partial charge < -0.3 is 5.73 Å². The fourth-order valence-corrected chi connectivity index (χ4v) is 3.05. The van der Waals surface area contributed by atoms with Gasteiger partial charge in [-0.25, -0.2) is 4.39 Å². The molecule has 0 saturated heterocycles. The van der Waals surface area contributed by atoms with Gasteiger partial charge in [-0.3, -0.25) is 4.90 Å². The van der Waals surface area contributed by atoms with E-state index in [4.69, 9.17) is 5.73 Å². The average molecular weight is 264 g/mol. The molecule has 19 heavy (non-hydrogen) atoms. The molecule has 2 N–H and O–H groups in total. The van der Waals surface area contributed by atoms with Crippen LogP contribution in [0, 0.1) is 17.7 Å². The third-order valence-electron chi connectivity index (χ3n) is 4.75. The zero-order valence-corrected chi connectivity index (χ0v) is 12.2. The molecule has 0 aromatic heterocycles. The summed E-state index contributed by atoms with van der Waals surface area (Å²) in [6, 6.07) is 6.76. The van der Waals surface area contributed by atoms with E-state index >= 15 is 0 Å². The largest absolute Gasteiger partial charge is 0.329 e. The molecule has 3 heteroatoms. The summed E-state index contributed by atoms with van der Waals surface area (Å²) < 4.78 is 12.9. The third kappa shape index (κ3) is 2.98. The summed E-state index contributed by atoms with van der Waals surface area (Å²) in [5.74, 6) is 1.35. The summed E-state index contributed by atoms with van der Waals surface area (Å²) in [5.41, 5.74) is 7.29. The summed E-state index contributed by atoms with van der Waals surface area (Å²) in [4.78, 5) is 2.35. The number of likely N-dealkylation sites (N-methyl/N-ethyl adjacent to an activating group) is 1. The van der Waals surface area contributed by atoms with Crippen LogP contribution in [0.25, 0.3) is 0 Å². The van der Waals surface area contributed by atoms with Gasteiger partial charge in [0.15, 0.2) is 0 Å². The Kier molecular flexibility index (Phi) is 4.26. The first kappa shape index (κ1) is 14.5. The molecule has 0 atom stereocenters. The molecule has 0 radical (unpaired) electrons. The third-order valence-corrected chi connectivity index (χ3v) is 4.75. The van der Waals surface area contributed by atoms with Crippen LogP contribution in [0.3, 0.4) is 0 Å². The molecule has 1 aliphatic carbocycles. The fraction of sp³-hybridized carbons (Fsp3) is 0.625. The Balaban J connectivity index is 1.98. The Morgan fingerprint density at radius 3 is 2.37 bits per heavy atom. The molecule has 1 aliphatic rings. The Hall–Kier alpha value is -0.930. The molecule has 0 bridgehead atoms. The van der Waals surface area contributed by atoms with Crippen LogP contribution in [0.1, 0.15) is 32.3 Å². The second kappa shape index (κ2) is 5.59. The van der Waals surface area contributed by atoms with Crippen LogP contribution in [0.5, 0.6) is 0 Å². The number of nitrogens with zero attached hydrogens (tertiary/aromatic N) is 1. The molecule has 1 saturated carbocycles. The van der Waals surface area contributed by atoms with Gasteiger partial charge in [-0.1, -0.05) is 26.0 Å². The minimum atomic E-state index is -0.177. The standard InChI is InChI=1S/C16H25FN2/c1-12(2)14-8-16(9-14,11-18)19(3)10-13-4-6-15(17)7-5-13/h4-7,12,14H,8-11,18H2,1-3H3. The lowest BCUT2D eigenvalue weighted by atomic mass is 9.63. The van der Waals surface area contributed by atoms with E-state index in [0.717, 1.165) is 23.9 Å². The molecule has 1 fully saturated rings. The molecule has 1 aromatic carbocycles. The highest BCUT2D eigenvalue weighted by Gasteiger charge is 2.46. The zero-order chi connectivity index (χ0) is 14.0. The van der Waals surface area contributed by atoms with Crippen molar-refractivity contribution in [3.63, 3.8) is 0 Å². The van der Waals surface area contributed by atoms with Crippen molar-refractivity contribution in [2.45, 2.75) is 38.8 Å². The van der Waals surface area contributed by atoms with Gasteiger partial charge in [0.05, 0.1) is 0 Å². The Morgan fingerprint density at radius 2 is 1.89 bits per heavy atom. The minimum absolute atomic E-state index is 0.142. The Labute approximate surface area is 115 Å². The lowest BCUT2D eigenvalue weighted by Crippen LogP contribution is -2.60. The van der Waals surface area contributed by atoms with Crippen molar-refractivity contribution in [3.8, 4) is 0 Å². The number of nitrogens with two attached hydrogens (primary N) is 1. The maximum atomic E-state index is 12.9. The second-order valence-corrected chi connectivity index (χ2v) is 6.32. The monoisotopic (exact) mass is 264 g/mol. The number of hydrogen-bond acceptors (Lipinski definition) is 2. The quantitative estimate of drug-likeness (QED) is 0.885. The SMILES string of the molecule is CC(C)C1CC(CN)(N(C)Cc2ccc(F)cc2)C1. The maximum absolute atomic E-state index is 12.9. The molecule has 0 heterocycles. The van der Waals surface area contributed by atoms with Gasteiger partial charge in [0.1, 0.15) is 5.82 Å². The highest BCUT2D eigenvalue weighted by Crippen LogP contribution is 2.45. The molecule has 2 rings (SSSR count). The van der Waals surface area contributed by atoms with Gasteiger partial charge in [0.2, 0.25) is 0 Å². The molecule has 1 aromatic rings. The van der Waals surface area contributed by atoms with Gasteiger partial charge in [0.25, 0.3) is 0 Å². The van der Waals surface area contributed by atoms with Crippen molar-refractivity contribution in [1.82, 2.24) is 4.90 Å². The lowest BCUT2D eigenvalue weighted by Gasteiger charge is -2.54. The van der Waals surface area contributed by atoms with Crippen LogP contribution in [-0.2, 0) is 6.54 Å². The Bertz CT molecular complexity index is 407. The predicted molar refractivity (Wildman–Crippen MR) is 77.2 cm³/mol. The number of hydrogen-bond donors (Lipinski definition) is 1. The first-order valence-electron chi connectivity index (χ1n) is 7.12. The first-order valence-corrected chi connectivity index (χ1v) is 7.12. The van der Waals surface area contributed by atoms with Crippen molar-refractivity contribution in [1.29, 1.82) is 0 Å². The highest BCUT2D eigenvalue weighted by atomic mass is 19.1. The van der Waals surface area contributed by atoms with E-state index in [2.05, 4.69) is 25.8 Å². The van der Waals surface area contributed by atoms with Crippen molar-refractivity contribution in [2.75, 3.05) is 13.6 Å². The number of benzene rings is 1. The molecular weight excluding hydrogens is 239 g/mol. The molecule has 0 unspecified atom stereocenters. The second-order valence-electron chi connectivity index (χ2n) is 6.32. The molecule has 0 aliphatic heterocycles. The van der Waals surface area contributed by atoms with E-state index in [1.54, 1.807) is 0 Å². The van der Waals surface area contributed by atoms with E-state index < -0.39 is 0 Å². The fourth-order valence-electron chi connectivity index (χ4n) is 3.05.